The topological polar surface area (TPSA) is 66.4 Å². The normalized spacial score (nSPS) is 46.9. The second kappa shape index (κ2) is 3.47. The van der Waals surface area contributed by atoms with Gasteiger partial charge in [-0.1, -0.05) is 0 Å². The lowest BCUT2D eigenvalue weighted by Gasteiger charge is -2.58. The molecule has 0 spiro atoms. The van der Waals surface area contributed by atoms with Gasteiger partial charge in [0.1, 0.15) is 0 Å². The summed E-state index contributed by atoms with van der Waals surface area (Å²) in [5.74, 6) is 0.765. The zero-order chi connectivity index (χ0) is 12.2. The molecule has 0 heterocycles. The fourth-order valence-electron chi connectivity index (χ4n) is 4.76. The van der Waals surface area contributed by atoms with Crippen LogP contribution in [0.5, 0.6) is 0 Å². The minimum Gasteiger partial charge on any atom is -0.481 e. The molecular formula is C13H19NO3. The summed E-state index contributed by atoms with van der Waals surface area (Å²) in [6.07, 6.45) is 4.61. The smallest absolute Gasteiger partial charge is 0.309 e. The Bertz CT molecular complexity index is 363. The maximum Gasteiger partial charge on any atom is 0.309 e. The second-order valence-electron chi connectivity index (χ2n) is 6.28. The molecule has 0 radical (unpaired) electrons. The number of nitrogens with one attached hydrogen (secondary N) is 1. The van der Waals surface area contributed by atoms with Crippen molar-refractivity contribution in [2.75, 3.05) is 0 Å². The van der Waals surface area contributed by atoms with Gasteiger partial charge in [-0.15, -0.1) is 0 Å². The van der Waals surface area contributed by atoms with Crippen molar-refractivity contribution >= 4 is 11.9 Å². The number of carboxylic acids is 1. The van der Waals surface area contributed by atoms with Crippen LogP contribution in [0.2, 0.25) is 0 Å². The first-order valence-electron chi connectivity index (χ1n) is 6.51. The van der Waals surface area contributed by atoms with Gasteiger partial charge in [0.15, 0.2) is 0 Å². The van der Waals surface area contributed by atoms with E-state index < -0.39 is 11.4 Å². The average molecular weight is 237 g/mol. The Morgan fingerprint density at radius 3 is 2.24 bits per heavy atom. The minimum absolute atomic E-state index is 0.0202. The number of carboxylic acid groups (broad SMARTS) is 1. The first-order valence-corrected chi connectivity index (χ1v) is 6.51. The number of aliphatic carboxylic acids is 1. The number of carbonyl (C=O) groups is 2. The fraction of sp³-hybridized carbons (Fsp3) is 0.846. The Kier molecular flexibility index (Phi) is 2.25. The Labute approximate surface area is 101 Å². The second-order valence-corrected chi connectivity index (χ2v) is 6.28. The summed E-state index contributed by atoms with van der Waals surface area (Å²) in [5.41, 5.74) is -0.467. The van der Waals surface area contributed by atoms with Crippen LogP contribution < -0.4 is 5.32 Å². The quantitative estimate of drug-likeness (QED) is 0.763. The molecule has 1 amide bonds. The van der Waals surface area contributed by atoms with Crippen molar-refractivity contribution in [3.8, 4) is 0 Å². The zero-order valence-corrected chi connectivity index (χ0v) is 10.1. The lowest BCUT2D eigenvalue weighted by molar-refractivity contribution is -0.167. The van der Waals surface area contributed by atoms with Crippen molar-refractivity contribution in [1.82, 2.24) is 5.32 Å². The highest BCUT2D eigenvalue weighted by atomic mass is 16.4. The minimum atomic E-state index is -0.613. The predicted octanol–water partition coefficient (Wildman–Crippen LogP) is 1.40. The third-order valence-electron chi connectivity index (χ3n) is 5.10. The molecule has 2 unspecified atom stereocenters. The summed E-state index contributed by atoms with van der Waals surface area (Å²) < 4.78 is 0. The Hall–Kier alpha value is -1.06. The van der Waals surface area contributed by atoms with Crippen molar-refractivity contribution in [1.29, 1.82) is 0 Å². The highest BCUT2D eigenvalue weighted by Gasteiger charge is 2.58. The fourth-order valence-corrected chi connectivity index (χ4v) is 4.76. The van der Waals surface area contributed by atoms with E-state index in [0.717, 1.165) is 32.1 Å². The molecule has 2 atom stereocenters. The van der Waals surface area contributed by atoms with Gasteiger partial charge in [0.2, 0.25) is 5.91 Å². The molecule has 94 valence electrons. The number of carbonyl (C=O) groups excluding carboxylic acids is 1. The van der Waals surface area contributed by atoms with Gasteiger partial charge < -0.3 is 10.4 Å². The number of amides is 1. The molecular weight excluding hydrogens is 218 g/mol. The Balaban J connectivity index is 1.85. The molecule has 4 aliphatic carbocycles. The molecule has 0 aliphatic heterocycles. The average Bonchev–Trinajstić information content (AvgIpc) is 2.22. The van der Waals surface area contributed by atoms with Crippen molar-refractivity contribution in [3.05, 3.63) is 0 Å². The monoisotopic (exact) mass is 237 g/mol. The summed E-state index contributed by atoms with van der Waals surface area (Å²) in [6.45, 7) is 1.55. The molecule has 17 heavy (non-hydrogen) atoms. The van der Waals surface area contributed by atoms with Crippen LogP contribution in [0.25, 0.3) is 0 Å². The van der Waals surface area contributed by atoms with E-state index in [1.165, 1.54) is 0 Å². The van der Waals surface area contributed by atoms with E-state index in [9.17, 15) is 14.7 Å². The Morgan fingerprint density at radius 1 is 1.18 bits per heavy atom. The van der Waals surface area contributed by atoms with Gasteiger partial charge in [0, 0.05) is 13.0 Å². The van der Waals surface area contributed by atoms with Crippen molar-refractivity contribution in [2.45, 2.75) is 45.1 Å². The molecule has 4 nitrogen and oxygen atoms in total. The van der Waals surface area contributed by atoms with Gasteiger partial charge in [-0.3, -0.25) is 9.59 Å². The summed E-state index contributed by atoms with van der Waals surface area (Å²) >= 11 is 0. The maximum absolute atomic E-state index is 11.5. The van der Waals surface area contributed by atoms with E-state index in [2.05, 4.69) is 5.32 Å². The van der Waals surface area contributed by atoms with Crippen molar-refractivity contribution < 1.29 is 14.7 Å². The zero-order valence-electron chi connectivity index (χ0n) is 10.1. The number of rotatable bonds is 2. The molecule has 0 aromatic heterocycles. The van der Waals surface area contributed by atoms with E-state index in [1.54, 1.807) is 6.92 Å². The lowest BCUT2D eigenvalue weighted by Crippen LogP contribution is -2.60. The summed E-state index contributed by atoms with van der Waals surface area (Å²) in [5, 5.41) is 12.5. The van der Waals surface area contributed by atoms with Crippen LogP contribution in [0.4, 0.5) is 0 Å². The van der Waals surface area contributed by atoms with Crippen LogP contribution in [0.15, 0.2) is 0 Å². The molecule has 4 rings (SSSR count). The van der Waals surface area contributed by atoms with Gasteiger partial charge in [-0.2, -0.15) is 0 Å². The molecule has 4 heteroatoms. The third kappa shape index (κ3) is 1.57. The highest BCUT2D eigenvalue weighted by Crippen LogP contribution is 2.60. The van der Waals surface area contributed by atoms with Crippen LogP contribution >= 0.6 is 0 Å². The summed E-state index contributed by atoms with van der Waals surface area (Å²) in [4.78, 5) is 22.7. The van der Waals surface area contributed by atoms with Gasteiger partial charge in [-0.05, 0) is 49.9 Å². The molecule has 0 saturated heterocycles. The van der Waals surface area contributed by atoms with Gasteiger partial charge in [-0.25, -0.2) is 0 Å². The number of hydrogen-bond donors (Lipinski definition) is 2. The van der Waals surface area contributed by atoms with Gasteiger partial charge in [0.05, 0.1) is 5.41 Å². The molecule has 0 aromatic rings. The standard InChI is InChI=1S/C13H19NO3/c1-7(15)14-11-9-2-8-3-10(11)6-13(4-8,5-9)12(16)17/h8-11H,2-6H2,1H3,(H,14,15)(H,16,17). The first kappa shape index (κ1) is 11.1. The van der Waals surface area contributed by atoms with Gasteiger partial charge >= 0.3 is 5.97 Å². The molecule has 4 fully saturated rings. The van der Waals surface area contributed by atoms with Crippen LogP contribution in [0.3, 0.4) is 0 Å². The predicted molar refractivity (Wildman–Crippen MR) is 61.2 cm³/mol. The molecule has 4 saturated carbocycles. The summed E-state index contributed by atoms with van der Waals surface area (Å²) in [7, 11) is 0. The van der Waals surface area contributed by atoms with Crippen LogP contribution in [-0.4, -0.2) is 23.0 Å². The van der Waals surface area contributed by atoms with Crippen LogP contribution in [0, 0.1) is 23.2 Å². The van der Waals surface area contributed by atoms with Crippen LogP contribution in [-0.2, 0) is 9.59 Å². The molecule has 2 N–H and O–H groups in total. The van der Waals surface area contributed by atoms with Crippen molar-refractivity contribution in [2.24, 2.45) is 23.2 Å². The van der Waals surface area contributed by atoms with Gasteiger partial charge in [0.25, 0.3) is 0 Å². The van der Waals surface area contributed by atoms with E-state index >= 15 is 0 Å². The first-order chi connectivity index (χ1) is 8.00. The maximum atomic E-state index is 11.5. The summed E-state index contributed by atoms with van der Waals surface area (Å²) in [6, 6.07) is 0.233. The highest BCUT2D eigenvalue weighted by molar-refractivity contribution is 5.76. The Morgan fingerprint density at radius 2 is 1.76 bits per heavy atom. The van der Waals surface area contributed by atoms with E-state index in [-0.39, 0.29) is 11.9 Å². The molecule has 0 aromatic carbocycles. The van der Waals surface area contributed by atoms with Crippen molar-refractivity contribution in [3.63, 3.8) is 0 Å². The SMILES string of the molecule is CC(=O)NC1C2CC3CC1CC(C(=O)O)(C3)C2. The van der Waals surface area contributed by atoms with Crippen LogP contribution in [0.1, 0.15) is 39.0 Å². The van der Waals surface area contributed by atoms with E-state index in [0.29, 0.717) is 17.8 Å². The molecule has 4 aliphatic rings. The largest absolute Gasteiger partial charge is 0.481 e. The third-order valence-corrected chi connectivity index (χ3v) is 5.10. The van der Waals surface area contributed by atoms with E-state index in [4.69, 9.17) is 0 Å². The van der Waals surface area contributed by atoms with E-state index in [1.807, 2.05) is 0 Å². The molecule has 4 bridgehead atoms. The lowest BCUT2D eigenvalue weighted by atomic mass is 9.48. The number of hydrogen-bond acceptors (Lipinski definition) is 2.